The van der Waals surface area contributed by atoms with Gasteiger partial charge < -0.3 is 15.5 Å². The summed E-state index contributed by atoms with van der Waals surface area (Å²) in [6.07, 6.45) is 0. The first-order valence-corrected chi connectivity index (χ1v) is 6.49. The number of aromatic carboxylic acids is 1. The van der Waals surface area contributed by atoms with E-state index in [4.69, 9.17) is 10.2 Å². The van der Waals surface area contributed by atoms with Crippen molar-refractivity contribution in [2.45, 2.75) is 6.92 Å². The van der Waals surface area contributed by atoms with Crippen molar-refractivity contribution in [3.63, 3.8) is 0 Å². The Morgan fingerprint density at radius 1 is 1.21 bits per heavy atom. The Bertz CT molecular complexity index is 515. The lowest BCUT2D eigenvalue weighted by atomic mass is 10.1. The molecule has 1 aromatic carbocycles. The van der Waals surface area contributed by atoms with Gasteiger partial charge in [-0.25, -0.2) is 4.79 Å². The smallest absolute Gasteiger partial charge is 0.335 e. The van der Waals surface area contributed by atoms with Crippen LogP contribution in [0.4, 0.5) is 5.69 Å². The van der Waals surface area contributed by atoms with E-state index in [2.05, 4.69) is 5.32 Å². The molecule has 1 aromatic rings. The lowest BCUT2D eigenvalue weighted by molar-refractivity contribution is -0.133. The van der Waals surface area contributed by atoms with Gasteiger partial charge in [-0.05, 0) is 24.6 Å². The van der Waals surface area contributed by atoms with E-state index < -0.39 is 11.9 Å². The van der Waals surface area contributed by atoms with Crippen molar-refractivity contribution in [1.82, 2.24) is 0 Å². The number of hydrogen-bond donors (Lipinski definition) is 3. The van der Waals surface area contributed by atoms with Gasteiger partial charge in [0.2, 0.25) is 5.91 Å². The van der Waals surface area contributed by atoms with Crippen LogP contribution >= 0.6 is 11.8 Å². The number of aliphatic carboxylic acids is 1. The van der Waals surface area contributed by atoms with Crippen LogP contribution in [-0.2, 0) is 9.59 Å². The first kappa shape index (κ1) is 15.0. The molecule has 0 saturated carbocycles. The number of benzene rings is 1. The van der Waals surface area contributed by atoms with Crippen LogP contribution in [0.2, 0.25) is 0 Å². The first-order chi connectivity index (χ1) is 8.90. The topological polar surface area (TPSA) is 104 Å². The number of rotatable bonds is 6. The number of carbonyl (C=O) groups is 3. The number of nitrogens with one attached hydrogen (secondary N) is 1. The predicted molar refractivity (Wildman–Crippen MR) is 71.7 cm³/mol. The van der Waals surface area contributed by atoms with Crippen LogP contribution < -0.4 is 5.32 Å². The lowest BCUT2D eigenvalue weighted by Gasteiger charge is -2.08. The summed E-state index contributed by atoms with van der Waals surface area (Å²) in [7, 11) is 0. The molecule has 3 N–H and O–H groups in total. The fourth-order valence-corrected chi connectivity index (χ4v) is 1.84. The number of carboxylic acid groups (broad SMARTS) is 2. The van der Waals surface area contributed by atoms with E-state index in [0.717, 1.165) is 17.3 Å². The maximum Gasteiger partial charge on any atom is 0.335 e. The van der Waals surface area contributed by atoms with Gasteiger partial charge in [0.15, 0.2) is 0 Å². The van der Waals surface area contributed by atoms with Crippen molar-refractivity contribution in [1.29, 1.82) is 0 Å². The molecule has 0 aliphatic heterocycles. The van der Waals surface area contributed by atoms with Crippen LogP contribution in [0.1, 0.15) is 15.9 Å². The van der Waals surface area contributed by atoms with E-state index in [1.165, 1.54) is 12.1 Å². The second-order valence-electron chi connectivity index (χ2n) is 3.77. The Morgan fingerprint density at radius 2 is 1.89 bits per heavy atom. The molecule has 0 heterocycles. The third kappa shape index (κ3) is 5.01. The third-order valence-electron chi connectivity index (χ3n) is 2.22. The van der Waals surface area contributed by atoms with E-state index in [-0.39, 0.29) is 23.0 Å². The van der Waals surface area contributed by atoms with E-state index in [1.807, 2.05) is 0 Å². The Hall–Kier alpha value is -2.02. The molecule has 1 rings (SSSR count). The number of thioether (sulfide) groups is 1. The summed E-state index contributed by atoms with van der Waals surface area (Å²) in [6, 6.07) is 4.42. The zero-order chi connectivity index (χ0) is 14.4. The average molecular weight is 283 g/mol. The predicted octanol–water partition coefficient (Wildman–Crippen LogP) is 1.45. The van der Waals surface area contributed by atoms with Gasteiger partial charge in [-0.1, -0.05) is 6.07 Å². The third-order valence-corrected chi connectivity index (χ3v) is 3.13. The maximum atomic E-state index is 11.6. The highest BCUT2D eigenvalue weighted by atomic mass is 32.2. The second kappa shape index (κ2) is 6.79. The highest BCUT2D eigenvalue weighted by Crippen LogP contribution is 2.17. The summed E-state index contributed by atoms with van der Waals surface area (Å²) in [5, 5.41) is 19.9. The number of carboxylic acids is 2. The summed E-state index contributed by atoms with van der Waals surface area (Å²) >= 11 is 0.977. The van der Waals surface area contributed by atoms with Gasteiger partial charge in [-0.15, -0.1) is 11.8 Å². The number of anilines is 1. The van der Waals surface area contributed by atoms with E-state index in [9.17, 15) is 14.4 Å². The molecule has 0 aliphatic rings. The van der Waals surface area contributed by atoms with Gasteiger partial charge in [0, 0.05) is 5.69 Å². The minimum absolute atomic E-state index is 0.00301. The van der Waals surface area contributed by atoms with Crippen molar-refractivity contribution < 1.29 is 24.6 Å². The largest absolute Gasteiger partial charge is 0.481 e. The second-order valence-corrected chi connectivity index (χ2v) is 4.76. The van der Waals surface area contributed by atoms with Crippen molar-refractivity contribution in [2.75, 3.05) is 16.8 Å². The monoisotopic (exact) mass is 283 g/mol. The molecular weight excluding hydrogens is 270 g/mol. The van der Waals surface area contributed by atoms with Crippen LogP contribution in [0.15, 0.2) is 18.2 Å². The molecule has 1 amide bonds. The van der Waals surface area contributed by atoms with Gasteiger partial charge in [-0.3, -0.25) is 9.59 Å². The van der Waals surface area contributed by atoms with Gasteiger partial charge in [-0.2, -0.15) is 0 Å². The van der Waals surface area contributed by atoms with Crippen LogP contribution in [0.3, 0.4) is 0 Å². The molecule has 102 valence electrons. The van der Waals surface area contributed by atoms with E-state index in [1.54, 1.807) is 13.0 Å². The Kier molecular flexibility index (Phi) is 5.37. The molecule has 0 unspecified atom stereocenters. The van der Waals surface area contributed by atoms with Crippen molar-refractivity contribution in [3.8, 4) is 0 Å². The van der Waals surface area contributed by atoms with Gasteiger partial charge in [0.05, 0.1) is 17.1 Å². The highest BCUT2D eigenvalue weighted by molar-refractivity contribution is 8.00. The number of aryl methyl sites for hydroxylation is 1. The first-order valence-electron chi connectivity index (χ1n) is 5.33. The number of hydrogen-bond acceptors (Lipinski definition) is 4. The molecule has 0 fully saturated rings. The molecule has 7 heteroatoms. The van der Waals surface area contributed by atoms with E-state index >= 15 is 0 Å². The normalized spacial score (nSPS) is 9.95. The summed E-state index contributed by atoms with van der Waals surface area (Å²) in [5.41, 5.74) is 1.24. The van der Waals surface area contributed by atoms with E-state index in [0.29, 0.717) is 5.69 Å². The summed E-state index contributed by atoms with van der Waals surface area (Å²) in [4.78, 5) is 32.7. The molecular formula is C12H13NO5S. The van der Waals surface area contributed by atoms with Gasteiger partial charge in [0.1, 0.15) is 0 Å². The van der Waals surface area contributed by atoms with Crippen molar-refractivity contribution >= 4 is 35.3 Å². The van der Waals surface area contributed by atoms with Crippen LogP contribution in [0, 0.1) is 6.92 Å². The minimum Gasteiger partial charge on any atom is -0.481 e. The number of carbonyl (C=O) groups excluding carboxylic acids is 1. The standard InChI is InChI=1S/C12H13NO5S/c1-7-2-3-8(12(17)18)4-9(7)13-10(14)5-19-6-11(15)16/h2-4H,5-6H2,1H3,(H,13,14)(H,15,16)(H,17,18). The Balaban J connectivity index is 2.65. The molecule has 0 spiro atoms. The Labute approximate surface area is 113 Å². The van der Waals surface area contributed by atoms with Crippen LogP contribution in [0.25, 0.3) is 0 Å². The SMILES string of the molecule is Cc1ccc(C(=O)O)cc1NC(=O)CSCC(=O)O. The van der Waals surface area contributed by atoms with Crippen molar-refractivity contribution in [3.05, 3.63) is 29.3 Å². The average Bonchev–Trinajstić information content (AvgIpc) is 2.31. The lowest BCUT2D eigenvalue weighted by Crippen LogP contribution is -2.16. The molecule has 19 heavy (non-hydrogen) atoms. The molecule has 0 radical (unpaired) electrons. The van der Waals surface area contributed by atoms with Gasteiger partial charge >= 0.3 is 11.9 Å². The minimum atomic E-state index is -1.07. The molecule has 0 atom stereocenters. The molecule has 6 nitrogen and oxygen atoms in total. The summed E-state index contributed by atoms with van der Waals surface area (Å²) in [5.74, 6) is -2.57. The van der Waals surface area contributed by atoms with Crippen LogP contribution in [0.5, 0.6) is 0 Å². The summed E-state index contributed by atoms with van der Waals surface area (Å²) < 4.78 is 0. The molecule has 0 aromatic heterocycles. The molecule has 0 aliphatic carbocycles. The molecule has 0 bridgehead atoms. The fraction of sp³-hybridized carbons (Fsp3) is 0.250. The zero-order valence-electron chi connectivity index (χ0n) is 10.2. The van der Waals surface area contributed by atoms with Gasteiger partial charge in [0.25, 0.3) is 0 Å². The van der Waals surface area contributed by atoms with Crippen molar-refractivity contribution in [2.24, 2.45) is 0 Å². The Morgan fingerprint density at radius 3 is 2.47 bits per heavy atom. The fourth-order valence-electron chi connectivity index (χ4n) is 1.31. The number of amides is 1. The zero-order valence-corrected chi connectivity index (χ0v) is 11.0. The molecule has 0 saturated heterocycles. The quantitative estimate of drug-likeness (QED) is 0.730. The van der Waals surface area contributed by atoms with Crippen LogP contribution in [-0.4, -0.2) is 39.6 Å². The highest BCUT2D eigenvalue weighted by Gasteiger charge is 2.09. The summed E-state index contributed by atoms with van der Waals surface area (Å²) in [6.45, 7) is 1.74. The maximum absolute atomic E-state index is 11.6.